The topological polar surface area (TPSA) is 125 Å². The maximum Gasteiger partial charge on any atom is 0.305 e. The number of benzene rings is 2. The van der Waals surface area contributed by atoms with Crippen LogP contribution in [0.25, 0.3) is 11.4 Å². The van der Waals surface area contributed by atoms with Gasteiger partial charge in [0.25, 0.3) is 5.91 Å². The Hall–Kier alpha value is -2.98. The first-order valence-corrected chi connectivity index (χ1v) is 12.9. The van der Waals surface area contributed by atoms with Crippen LogP contribution in [0.4, 0.5) is 4.39 Å². The highest BCUT2D eigenvalue weighted by molar-refractivity contribution is 6.42. The molecular formula is C27H30Cl2FN3O5. The van der Waals surface area contributed by atoms with Gasteiger partial charge in [0.2, 0.25) is 0 Å². The molecule has 1 heterocycles. The summed E-state index contributed by atoms with van der Waals surface area (Å²) in [5, 5.41) is 32.8. The smallest absolute Gasteiger partial charge is 0.305 e. The summed E-state index contributed by atoms with van der Waals surface area (Å²) in [4.78, 5) is 28.7. The van der Waals surface area contributed by atoms with Crippen molar-refractivity contribution in [3.05, 3.63) is 75.3 Å². The first kappa shape index (κ1) is 29.6. The van der Waals surface area contributed by atoms with Crippen LogP contribution < -0.4 is 5.32 Å². The van der Waals surface area contributed by atoms with Crippen molar-refractivity contribution >= 4 is 35.1 Å². The highest BCUT2D eigenvalue weighted by Gasteiger charge is 2.26. The fraction of sp³-hybridized carbons (Fsp3) is 0.370. The molecule has 0 spiro atoms. The Morgan fingerprint density at radius 3 is 2.34 bits per heavy atom. The average molecular weight is 566 g/mol. The van der Waals surface area contributed by atoms with Crippen LogP contribution in [0, 0.1) is 5.82 Å². The van der Waals surface area contributed by atoms with Crippen LogP contribution in [0.15, 0.2) is 42.5 Å². The number of nitrogens with one attached hydrogen (secondary N) is 1. The molecule has 0 aliphatic heterocycles. The molecule has 0 saturated heterocycles. The monoisotopic (exact) mass is 565 g/mol. The molecule has 204 valence electrons. The first-order valence-electron chi connectivity index (χ1n) is 12.1. The van der Waals surface area contributed by atoms with Crippen molar-refractivity contribution in [2.75, 3.05) is 0 Å². The van der Waals surface area contributed by atoms with Crippen LogP contribution >= 0.6 is 23.2 Å². The first-order chi connectivity index (χ1) is 18.0. The molecule has 2 atom stereocenters. The van der Waals surface area contributed by atoms with E-state index in [0.29, 0.717) is 27.1 Å². The number of nitrogens with zero attached hydrogens (tertiary/aromatic N) is 2. The van der Waals surface area contributed by atoms with Crippen molar-refractivity contribution in [1.82, 2.24) is 14.9 Å². The summed E-state index contributed by atoms with van der Waals surface area (Å²) >= 11 is 12.1. The van der Waals surface area contributed by atoms with Gasteiger partial charge in [0.05, 0.1) is 34.4 Å². The van der Waals surface area contributed by atoms with Crippen LogP contribution in [-0.2, 0) is 17.9 Å². The molecule has 0 fully saturated rings. The number of aliphatic hydroxyl groups excluding tert-OH is 2. The molecule has 4 N–H and O–H groups in total. The highest BCUT2D eigenvalue weighted by atomic mass is 35.5. The predicted molar refractivity (Wildman–Crippen MR) is 143 cm³/mol. The van der Waals surface area contributed by atoms with E-state index in [-0.39, 0.29) is 37.5 Å². The number of imidazole rings is 1. The summed E-state index contributed by atoms with van der Waals surface area (Å²) in [7, 11) is 0. The standard InChI is InChI=1S/C27H30Cl2FN3O5/c1-15(2)25-24(27(38)31-14-16-3-8-21(28)22(29)11-16)32-26(17-4-6-18(30)7-5-17)33(25)10-9-19(34)12-20(35)13-23(36)37/h3-8,11,15,19-20,34-35H,9-10,12-14H2,1-2H3,(H,31,38)(H,36,37)/t19-,20-/m1/s1. The molecular weight excluding hydrogens is 536 g/mol. The van der Waals surface area contributed by atoms with Crippen LogP contribution in [0.1, 0.15) is 60.8 Å². The van der Waals surface area contributed by atoms with E-state index in [4.69, 9.17) is 28.3 Å². The molecule has 0 aliphatic rings. The number of halogens is 3. The van der Waals surface area contributed by atoms with E-state index in [1.165, 1.54) is 12.1 Å². The third kappa shape index (κ3) is 7.77. The largest absolute Gasteiger partial charge is 0.481 e. The molecule has 0 bridgehead atoms. The molecule has 0 radical (unpaired) electrons. The molecule has 2 aromatic carbocycles. The molecule has 1 amide bonds. The number of aliphatic carboxylic acids is 1. The Kier molecular flexibility index (Phi) is 10.3. The van der Waals surface area contributed by atoms with Gasteiger partial charge >= 0.3 is 5.97 Å². The van der Waals surface area contributed by atoms with Gasteiger partial charge in [-0.2, -0.15) is 0 Å². The Balaban J connectivity index is 1.91. The van der Waals surface area contributed by atoms with Crippen LogP contribution in [0.5, 0.6) is 0 Å². The maximum atomic E-state index is 13.6. The van der Waals surface area contributed by atoms with E-state index in [1.54, 1.807) is 34.9 Å². The lowest BCUT2D eigenvalue weighted by Crippen LogP contribution is -2.25. The van der Waals surface area contributed by atoms with Crippen molar-refractivity contribution in [2.45, 2.75) is 64.3 Å². The number of aliphatic hydroxyl groups is 2. The van der Waals surface area contributed by atoms with Gasteiger partial charge in [-0.05, 0) is 60.7 Å². The summed E-state index contributed by atoms with van der Waals surface area (Å²) in [6, 6.07) is 10.8. The Bertz CT molecular complexity index is 1280. The summed E-state index contributed by atoms with van der Waals surface area (Å²) in [6.07, 6.45) is -2.58. The van der Waals surface area contributed by atoms with Crippen molar-refractivity contribution < 1.29 is 29.3 Å². The lowest BCUT2D eigenvalue weighted by atomic mass is 10.0. The fourth-order valence-electron chi connectivity index (χ4n) is 4.17. The van der Waals surface area contributed by atoms with Gasteiger partial charge in [-0.15, -0.1) is 0 Å². The zero-order valence-electron chi connectivity index (χ0n) is 21.0. The lowest BCUT2D eigenvalue weighted by molar-refractivity contribution is -0.139. The minimum Gasteiger partial charge on any atom is -0.481 e. The molecule has 11 heteroatoms. The summed E-state index contributed by atoms with van der Waals surface area (Å²) < 4.78 is 15.4. The zero-order chi connectivity index (χ0) is 28.0. The van der Waals surface area contributed by atoms with E-state index in [0.717, 1.165) is 5.56 Å². The van der Waals surface area contributed by atoms with Gasteiger partial charge in [0.1, 0.15) is 17.3 Å². The minimum absolute atomic E-state index is 0.110. The Morgan fingerprint density at radius 1 is 1.05 bits per heavy atom. The third-order valence-corrected chi connectivity index (χ3v) is 6.69. The summed E-state index contributed by atoms with van der Waals surface area (Å²) in [5.74, 6) is -1.71. The normalized spacial score (nSPS) is 12.9. The molecule has 3 aromatic rings. The Labute approximate surface area is 230 Å². The quantitative estimate of drug-likeness (QED) is 0.244. The number of carbonyl (C=O) groups is 2. The zero-order valence-corrected chi connectivity index (χ0v) is 22.5. The Morgan fingerprint density at radius 2 is 1.74 bits per heavy atom. The van der Waals surface area contributed by atoms with E-state index in [2.05, 4.69) is 10.3 Å². The van der Waals surface area contributed by atoms with Crippen LogP contribution in [-0.4, -0.2) is 49.0 Å². The van der Waals surface area contributed by atoms with E-state index in [9.17, 15) is 24.2 Å². The van der Waals surface area contributed by atoms with Crippen molar-refractivity contribution in [3.8, 4) is 11.4 Å². The van der Waals surface area contributed by atoms with E-state index >= 15 is 0 Å². The fourth-order valence-corrected chi connectivity index (χ4v) is 4.49. The number of hydrogen-bond acceptors (Lipinski definition) is 5. The number of rotatable bonds is 12. The van der Waals surface area contributed by atoms with Gasteiger partial charge in [-0.1, -0.05) is 43.1 Å². The molecule has 0 saturated carbocycles. The summed E-state index contributed by atoms with van der Waals surface area (Å²) in [6.45, 7) is 4.23. The molecule has 0 aliphatic carbocycles. The number of hydrogen-bond donors (Lipinski definition) is 4. The van der Waals surface area contributed by atoms with Crippen molar-refractivity contribution in [3.63, 3.8) is 0 Å². The number of amides is 1. The number of carboxylic acid groups (broad SMARTS) is 1. The van der Waals surface area contributed by atoms with Gasteiger partial charge in [0, 0.05) is 18.7 Å². The van der Waals surface area contributed by atoms with Crippen LogP contribution in [0.2, 0.25) is 10.0 Å². The maximum absolute atomic E-state index is 13.6. The predicted octanol–water partition coefficient (Wildman–Crippen LogP) is 5.03. The highest BCUT2D eigenvalue weighted by Crippen LogP contribution is 2.29. The third-order valence-electron chi connectivity index (χ3n) is 5.95. The van der Waals surface area contributed by atoms with Gasteiger partial charge in [0.15, 0.2) is 0 Å². The van der Waals surface area contributed by atoms with E-state index in [1.807, 2.05) is 13.8 Å². The second-order valence-corrected chi connectivity index (χ2v) is 10.2. The SMILES string of the molecule is CC(C)c1c(C(=O)NCc2ccc(Cl)c(Cl)c2)nc(-c2ccc(F)cc2)n1CC[C@@H](O)C[C@@H](O)CC(=O)O. The van der Waals surface area contributed by atoms with Crippen molar-refractivity contribution in [1.29, 1.82) is 0 Å². The van der Waals surface area contributed by atoms with Gasteiger partial charge in [-0.3, -0.25) is 9.59 Å². The second-order valence-electron chi connectivity index (χ2n) is 9.34. The molecule has 0 unspecified atom stereocenters. The minimum atomic E-state index is -1.19. The molecule has 38 heavy (non-hydrogen) atoms. The van der Waals surface area contributed by atoms with Crippen LogP contribution in [0.3, 0.4) is 0 Å². The lowest BCUT2D eigenvalue weighted by Gasteiger charge is -2.19. The van der Waals surface area contributed by atoms with E-state index < -0.39 is 36.3 Å². The molecule has 3 rings (SSSR count). The van der Waals surface area contributed by atoms with Gasteiger partial charge < -0.3 is 25.2 Å². The summed E-state index contributed by atoms with van der Waals surface area (Å²) in [5.41, 5.74) is 2.14. The molecule has 8 nitrogen and oxygen atoms in total. The van der Waals surface area contributed by atoms with Crippen molar-refractivity contribution in [2.24, 2.45) is 0 Å². The number of aromatic nitrogens is 2. The molecule has 1 aromatic heterocycles. The van der Waals surface area contributed by atoms with Gasteiger partial charge in [-0.25, -0.2) is 9.37 Å². The number of carbonyl (C=O) groups excluding carboxylic acids is 1. The number of carboxylic acids is 1. The second kappa shape index (κ2) is 13.2. The average Bonchev–Trinajstić information content (AvgIpc) is 3.23.